The first-order valence-electron chi connectivity index (χ1n) is 6.47. The Bertz CT molecular complexity index is 538. The Morgan fingerprint density at radius 2 is 1.80 bits per heavy atom. The fourth-order valence-electron chi connectivity index (χ4n) is 2.10. The third-order valence-corrected chi connectivity index (χ3v) is 3.19. The van der Waals surface area contributed by atoms with E-state index in [9.17, 15) is 14.4 Å². The van der Waals surface area contributed by atoms with E-state index in [1.54, 1.807) is 0 Å². The zero-order valence-corrected chi connectivity index (χ0v) is 11.4. The van der Waals surface area contributed by atoms with Gasteiger partial charge in [-0.05, 0) is 17.5 Å². The van der Waals surface area contributed by atoms with Gasteiger partial charge in [-0.25, -0.2) is 0 Å². The first kappa shape index (κ1) is 14.0. The van der Waals surface area contributed by atoms with Crippen LogP contribution in [0.1, 0.15) is 31.7 Å². The van der Waals surface area contributed by atoms with Crippen LogP contribution in [0.2, 0.25) is 0 Å². The summed E-state index contributed by atoms with van der Waals surface area (Å²) in [7, 11) is 0. The van der Waals surface area contributed by atoms with Gasteiger partial charge in [-0.2, -0.15) is 0 Å². The Balaban J connectivity index is 2.05. The highest BCUT2D eigenvalue weighted by Gasteiger charge is 2.34. The lowest BCUT2D eigenvalue weighted by atomic mass is 10.0. The number of hydrogen-bond donors (Lipinski definition) is 3. The maximum atomic E-state index is 12.0. The zero-order valence-electron chi connectivity index (χ0n) is 11.4. The van der Waals surface area contributed by atoms with E-state index >= 15 is 0 Å². The molecule has 1 heterocycles. The molecule has 0 bridgehead atoms. The van der Waals surface area contributed by atoms with Crippen LogP contribution in [-0.4, -0.2) is 17.7 Å². The fraction of sp³-hybridized carbons (Fsp3) is 0.357. The van der Waals surface area contributed by atoms with Crippen molar-refractivity contribution < 1.29 is 14.4 Å². The van der Waals surface area contributed by atoms with Gasteiger partial charge in [-0.15, -0.1) is 0 Å². The molecule has 0 saturated carbocycles. The molecule has 2 rings (SSSR count). The van der Waals surface area contributed by atoms with Crippen LogP contribution in [0, 0.1) is 5.92 Å². The van der Waals surface area contributed by atoms with Gasteiger partial charge in [0.25, 0.3) is 11.8 Å². The average Bonchev–Trinajstić information content (AvgIpc) is 2.71. The molecule has 1 aromatic rings. The molecular formula is C14H17N3O3. The van der Waals surface area contributed by atoms with Crippen LogP contribution in [-0.2, 0) is 14.4 Å². The number of carbonyl (C=O) groups excluding carboxylic acids is 3. The number of hydrogen-bond acceptors (Lipinski definition) is 3. The highest BCUT2D eigenvalue weighted by atomic mass is 16.2. The van der Waals surface area contributed by atoms with E-state index < -0.39 is 17.7 Å². The van der Waals surface area contributed by atoms with Crippen molar-refractivity contribution in [3.05, 3.63) is 29.8 Å². The molecule has 1 aromatic carbocycles. The Morgan fingerprint density at radius 3 is 2.40 bits per heavy atom. The largest absolute Gasteiger partial charge is 0.326 e. The topological polar surface area (TPSA) is 87.3 Å². The number of para-hydroxylation sites is 1. The Hall–Kier alpha value is -2.37. The van der Waals surface area contributed by atoms with Crippen molar-refractivity contribution in [3.8, 4) is 0 Å². The fourth-order valence-corrected chi connectivity index (χ4v) is 2.10. The second-order valence-corrected chi connectivity index (χ2v) is 5.03. The SMILES string of the molecule is CC(C)c1ccccc1NC(=O)CC1C(=O)NNC1=O. The minimum atomic E-state index is -0.957. The van der Waals surface area contributed by atoms with Crippen molar-refractivity contribution >= 4 is 23.4 Å². The number of anilines is 1. The predicted molar refractivity (Wildman–Crippen MR) is 73.6 cm³/mol. The monoisotopic (exact) mass is 275 g/mol. The van der Waals surface area contributed by atoms with Crippen molar-refractivity contribution in [3.63, 3.8) is 0 Å². The Kier molecular flexibility index (Phi) is 4.02. The van der Waals surface area contributed by atoms with Crippen molar-refractivity contribution in [2.75, 3.05) is 5.32 Å². The second kappa shape index (κ2) is 5.73. The molecule has 0 aliphatic carbocycles. The zero-order chi connectivity index (χ0) is 14.7. The highest BCUT2D eigenvalue weighted by molar-refractivity contribution is 6.09. The third-order valence-electron chi connectivity index (χ3n) is 3.19. The first-order chi connectivity index (χ1) is 9.49. The number of carbonyl (C=O) groups is 3. The van der Waals surface area contributed by atoms with Crippen LogP contribution in [0.15, 0.2) is 24.3 Å². The molecule has 1 aliphatic rings. The van der Waals surface area contributed by atoms with Crippen LogP contribution in [0.3, 0.4) is 0 Å². The van der Waals surface area contributed by atoms with Crippen LogP contribution < -0.4 is 16.2 Å². The Morgan fingerprint density at radius 1 is 1.20 bits per heavy atom. The lowest BCUT2D eigenvalue weighted by molar-refractivity contribution is -0.131. The van der Waals surface area contributed by atoms with E-state index in [1.165, 1.54) is 0 Å². The van der Waals surface area contributed by atoms with Crippen molar-refractivity contribution in [1.82, 2.24) is 10.9 Å². The highest BCUT2D eigenvalue weighted by Crippen LogP contribution is 2.24. The molecule has 20 heavy (non-hydrogen) atoms. The molecule has 1 fully saturated rings. The maximum Gasteiger partial charge on any atom is 0.251 e. The molecule has 0 spiro atoms. The van der Waals surface area contributed by atoms with E-state index in [1.807, 2.05) is 38.1 Å². The number of nitrogens with one attached hydrogen (secondary N) is 3. The standard InChI is InChI=1S/C14H17N3O3/c1-8(2)9-5-3-4-6-11(9)15-12(18)7-10-13(19)16-17-14(10)20/h3-6,8,10H,7H2,1-2H3,(H,15,18)(H,16,19)(H,17,20). The molecule has 3 amide bonds. The third kappa shape index (κ3) is 2.96. The van der Waals surface area contributed by atoms with E-state index in [4.69, 9.17) is 0 Å². The predicted octanol–water partition coefficient (Wildman–Crippen LogP) is 0.916. The van der Waals surface area contributed by atoms with Gasteiger partial charge in [-0.3, -0.25) is 25.2 Å². The summed E-state index contributed by atoms with van der Waals surface area (Å²) in [4.78, 5) is 34.7. The maximum absolute atomic E-state index is 12.0. The molecular weight excluding hydrogens is 258 g/mol. The molecule has 0 atom stereocenters. The van der Waals surface area contributed by atoms with Crippen LogP contribution in [0.5, 0.6) is 0 Å². The van der Waals surface area contributed by atoms with E-state index in [0.29, 0.717) is 5.69 Å². The first-order valence-corrected chi connectivity index (χ1v) is 6.47. The number of hydrazine groups is 1. The summed E-state index contributed by atoms with van der Waals surface area (Å²) >= 11 is 0. The molecule has 6 nitrogen and oxygen atoms in total. The summed E-state index contributed by atoms with van der Waals surface area (Å²) in [6.45, 7) is 4.06. The summed E-state index contributed by atoms with van der Waals surface area (Å²) < 4.78 is 0. The normalized spacial score (nSPS) is 15.2. The van der Waals surface area contributed by atoms with Gasteiger partial charge in [0.2, 0.25) is 5.91 Å². The van der Waals surface area contributed by atoms with Gasteiger partial charge in [0.05, 0.1) is 0 Å². The van der Waals surface area contributed by atoms with Crippen LogP contribution in [0.4, 0.5) is 5.69 Å². The van der Waals surface area contributed by atoms with Crippen LogP contribution in [0.25, 0.3) is 0 Å². The van der Waals surface area contributed by atoms with Gasteiger partial charge in [0.15, 0.2) is 0 Å². The molecule has 0 unspecified atom stereocenters. The van der Waals surface area contributed by atoms with E-state index in [0.717, 1.165) is 5.56 Å². The second-order valence-electron chi connectivity index (χ2n) is 5.03. The molecule has 1 aliphatic heterocycles. The molecule has 106 valence electrons. The van der Waals surface area contributed by atoms with Gasteiger partial charge in [0.1, 0.15) is 5.92 Å². The molecule has 6 heteroatoms. The molecule has 3 N–H and O–H groups in total. The van der Waals surface area contributed by atoms with Crippen molar-refractivity contribution in [2.45, 2.75) is 26.2 Å². The summed E-state index contributed by atoms with van der Waals surface area (Å²) in [5.41, 5.74) is 6.13. The van der Waals surface area contributed by atoms with Gasteiger partial charge in [0, 0.05) is 12.1 Å². The van der Waals surface area contributed by atoms with Crippen molar-refractivity contribution in [2.24, 2.45) is 5.92 Å². The van der Waals surface area contributed by atoms with Gasteiger partial charge < -0.3 is 5.32 Å². The lowest BCUT2D eigenvalue weighted by Gasteiger charge is -2.14. The minimum absolute atomic E-state index is 0.163. The van der Waals surface area contributed by atoms with Crippen LogP contribution >= 0.6 is 0 Å². The smallest absolute Gasteiger partial charge is 0.251 e. The summed E-state index contributed by atoms with van der Waals surface area (Å²) in [5.74, 6) is -1.98. The lowest BCUT2D eigenvalue weighted by Crippen LogP contribution is -2.28. The number of amides is 3. The molecule has 0 aromatic heterocycles. The van der Waals surface area contributed by atoms with E-state index in [2.05, 4.69) is 16.2 Å². The molecule has 1 saturated heterocycles. The average molecular weight is 275 g/mol. The minimum Gasteiger partial charge on any atom is -0.326 e. The van der Waals surface area contributed by atoms with Crippen molar-refractivity contribution in [1.29, 1.82) is 0 Å². The number of benzene rings is 1. The summed E-state index contributed by atoms with van der Waals surface area (Å²) in [5, 5.41) is 2.76. The Labute approximate surface area is 116 Å². The quantitative estimate of drug-likeness (QED) is 0.714. The van der Waals surface area contributed by atoms with Gasteiger partial charge in [-0.1, -0.05) is 32.0 Å². The summed E-state index contributed by atoms with van der Waals surface area (Å²) in [6, 6.07) is 7.48. The van der Waals surface area contributed by atoms with E-state index in [-0.39, 0.29) is 18.2 Å². The summed E-state index contributed by atoms with van der Waals surface area (Å²) in [6.07, 6.45) is -0.163. The number of rotatable bonds is 4. The van der Waals surface area contributed by atoms with Gasteiger partial charge >= 0.3 is 0 Å². The molecule has 0 radical (unpaired) electrons.